The zero-order chi connectivity index (χ0) is 11.8. The van der Waals surface area contributed by atoms with Crippen molar-refractivity contribution in [3.8, 4) is 0 Å². The van der Waals surface area contributed by atoms with E-state index in [1.807, 2.05) is 34.5 Å². The standard InChI is InChI=1S/C13H10BrNOS/c14-10-3-4-11-9(8-10)5-6-15(11)13(16)12-2-1-7-17-12/h1-4,7-8H,5-6H2. The average Bonchev–Trinajstić information content (AvgIpc) is 2.96. The molecule has 0 bridgehead atoms. The number of thiophene rings is 1. The van der Waals surface area contributed by atoms with Crippen LogP contribution in [0.1, 0.15) is 15.2 Å². The van der Waals surface area contributed by atoms with Gasteiger partial charge in [0.1, 0.15) is 0 Å². The lowest BCUT2D eigenvalue weighted by molar-refractivity contribution is 0.0993. The summed E-state index contributed by atoms with van der Waals surface area (Å²) in [7, 11) is 0. The van der Waals surface area contributed by atoms with Gasteiger partial charge in [0.25, 0.3) is 5.91 Å². The predicted molar refractivity (Wildman–Crippen MR) is 73.8 cm³/mol. The van der Waals surface area contributed by atoms with E-state index in [-0.39, 0.29) is 5.91 Å². The molecule has 0 radical (unpaired) electrons. The van der Waals surface area contributed by atoms with Crippen LogP contribution in [0.25, 0.3) is 0 Å². The molecular formula is C13H10BrNOS. The van der Waals surface area contributed by atoms with Gasteiger partial charge >= 0.3 is 0 Å². The summed E-state index contributed by atoms with van der Waals surface area (Å²) in [5, 5.41) is 1.94. The Kier molecular flexibility index (Phi) is 2.76. The average molecular weight is 308 g/mol. The maximum atomic E-state index is 12.3. The minimum absolute atomic E-state index is 0.112. The van der Waals surface area contributed by atoms with Crippen molar-refractivity contribution in [2.24, 2.45) is 0 Å². The largest absolute Gasteiger partial charge is 0.307 e. The van der Waals surface area contributed by atoms with E-state index in [4.69, 9.17) is 0 Å². The van der Waals surface area contributed by atoms with Crippen molar-refractivity contribution in [1.29, 1.82) is 0 Å². The van der Waals surface area contributed by atoms with E-state index in [2.05, 4.69) is 22.0 Å². The van der Waals surface area contributed by atoms with Crippen molar-refractivity contribution >= 4 is 38.9 Å². The summed E-state index contributed by atoms with van der Waals surface area (Å²) in [4.78, 5) is 15.0. The maximum Gasteiger partial charge on any atom is 0.268 e. The molecule has 1 aromatic carbocycles. The second kappa shape index (κ2) is 4.27. The summed E-state index contributed by atoms with van der Waals surface area (Å²) < 4.78 is 1.07. The molecule has 0 aliphatic carbocycles. The minimum atomic E-state index is 0.112. The van der Waals surface area contributed by atoms with Crippen LogP contribution in [-0.2, 0) is 6.42 Å². The van der Waals surface area contributed by atoms with Gasteiger partial charge in [0.05, 0.1) is 4.88 Å². The predicted octanol–water partition coefficient (Wildman–Crippen LogP) is 3.71. The van der Waals surface area contributed by atoms with Gasteiger partial charge in [0, 0.05) is 16.7 Å². The lowest BCUT2D eigenvalue weighted by Crippen LogP contribution is -2.28. The molecule has 86 valence electrons. The van der Waals surface area contributed by atoms with E-state index >= 15 is 0 Å². The van der Waals surface area contributed by atoms with Crippen molar-refractivity contribution in [1.82, 2.24) is 0 Å². The quantitative estimate of drug-likeness (QED) is 0.786. The lowest BCUT2D eigenvalue weighted by atomic mass is 10.2. The van der Waals surface area contributed by atoms with Gasteiger partial charge in [-0.1, -0.05) is 22.0 Å². The number of rotatable bonds is 1. The molecule has 1 aliphatic rings. The van der Waals surface area contributed by atoms with Crippen molar-refractivity contribution in [2.75, 3.05) is 11.4 Å². The number of anilines is 1. The number of carbonyl (C=O) groups is 1. The topological polar surface area (TPSA) is 20.3 Å². The van der Waals surface area contributed by atoms with Crippen LogP contribution in [0.15, 0.2) is 40.2 Å². The molecule has 4 heteroatoms. The Morgan fingerprint density at radius 1 is 1.35 bits per heavy atom. The first-order valence-corrected chi connectivity index (χ1v) is 7.07. The molecule has 0 fully saturated rings. The van der Waals surface area contributed by atoms with Gasteiger partial charge in [-0.25, -0.2) is 0 Å². The molecule has 0 N–H and O–H groups in total. The maximum absolute atomic E-state index is 12.3. The number of hydrogen-bond donors (Lipinski definition) is 0. The Bertz CT molecular complexity index is 565. The van der Waals surface area contributed by atoms with Crippen molar-refractivity contribution in [3.05, 3.63) is 50.6 Å². The Labute approximate surface area is 112 Å². The number of benzene rings is 1. The highest BCUT2D eigenvalue weighted by Gasteiger charge is 2.25. The smallest absolute Gasteiger partial charge is 0.268 e. The molecule has 2 heterocycles. The van der Waals surface area contributed by atoms with Crippen LogP contribution < -0.4 is 4.90 Å². The Morgan fingerprint density at radius 3 is 3.00 bits per heavy atom. The SMILES string of the molecule is O=C(c1cccs1)N1CCc2cc(Br)ccc21. The summed E-state index contributed by atoms with van der Waals surface area (Å²) in [5.74, 6) is 0.112. The number of halogens is 1. The van der Waals surface area contributed by atoms with Crippen molar-refractivity contribution < 1.29 is 4.79 Å². The third-order valence-corrected chi connectivity index (χ3v) is 4.27. The monoisotopic (exact) mass is 307 g/mol. The molecule has 1 aromatic heterocycles. The first kappa shape index (κ1) is 11.0. The highest BCUT2D eigenvalue weighted by atomic mass is 79.9. The van der Waals surface area contributed by atoms with Crippen LogP contribution in [0.5, 0.6) is 0 Å². The number of carbonyl (C=O) groups excluding carboxylic acids is 1. The molecule has 0 atom stereocenters. The van der Waals surface area contributed by atoms with Gasteiger partial charge in [-0.05, 0) is 41.6 Å². The molecule has 2 nitrogen and oxygen atoms in total. The molecule has 0 saturated carbocycles. The molecule has 17 heavy (non-hydrogen) atoms. The second-order valence-electron chi connectivity index (χ2n) is 3.96. The molecule has 1 aliphatic heterocycles. The van der Waals surface area contributed by atoms with Crippen molar-refractivity contribution in [2.45, 2.75) is 6.42 Å². The molecule has 0 unspecified atom stereocenters. The summed E-state index contributed by atoms with van der Waals surface area (Å²) >= 11 is 4.95. The van der Waals surface area contributed by atoms with E-state index < -0.39 is 0 Å². The van der Waals surface area contributed by atoms with Crippen LogP contribution in [-0.4, -0.2) is 12.5 Å². The van der Waals surface area contributed by atoms with E-state index in [1.165, 1.54) is 16.9 Å². The summed E-state index contributed by atoms with van der Waals surface area (Å²) in [6.45, 7) is 0.780. The molecule has 2 aromatic rings. The van der Waals surface area contributed by atoms with Crippen LogP contribution in [0.4, 0.5) is 5.69 Å². The molecule has 3 rings (SSSR count). The van der Waals surface area contributed by atoms with E-state index in [0.717, 1.165) is 28.0 Å². The number of amides is 1. The number of fused-ring (bicyclic) bond motifs is 1. The first-order valence-electron chi connectivity index (χ1n) is 5.39. The fourth-order valence-corrected chi connectivity index (χ4v) is 3.19. The molecular weight excluding hydrogens is 298 g/mol. The summed E-state index contributed by atoms with van der Waals surface area (Å²) in [6, 6.07) is 9.88. The van der Waals surface area contributed by atoms with Crippen LogP contribution in [0.3, 0.4) is 0 Å². The lowest BCUT2D eigenvalue weighted by Gasteiger charge is -2.16. The summed E-state index contributed by atoms with van der Waals surface area (Å²) in [5.41, 5.74) is 2.29. The van der Waals surface area contributed by atoms with Crippen LogP contribution in [0.2, 0.25) is 0 Å². The zero-order valence-electron chi connectivity index (χ0n) is 9.02. The van der Waals surface area contributed by atoms with E-state index in [9.17, 15) is 4.79 Å². The number of hydrogen-bond acceptors (Lipinski definition) is 2. The van der Waals surface area contributed by atoms with Crippen molar-refractivity contribution in [3.63, 3.8) is 0 Å². The summed E-state index contributed by atoms with van der Waals surface area (Å²) in [6.07, 6.45) is 0.936. The highest BCUT2D eigenvalue weighted by molar-refractivity contribution is 9.10. The molecule has 0 saturated heterocycles. The Morgan fingerprint density at radius 2 is 2.24 bits per heavy atom. The Hall–Kier alpha value is -1.13. The van der Waals surface area contributed by atoms with E-state index in [1.54, 1.807) is 0 Å². The zero-order valence-corrected chi connectivity index (χ0v) is 11.4. The fraction of sp³-hybridized carbons (Fsp3) is 0.154. The second-order valence-corrected chi connectivity index (χ2v) is 5.82. The van der Waals surface area contributed by atoms with Gasteiger partial charge in [-0.3, -0.25) is 4.79 Å². The van der Waals surface area contributed by atoms with Gasteiger partial charge < -0.3 is 4.90 Å². The van der Waals surface area contributed by atoms with E-state index in [0.29, 0.717) is 0 Å². The van der Waals surface area contributed by atoms with Gasteiger partial charge in [-0.2, -0.15) is 0 Å². The van der Waals surface area contributed by atoms with Crippen LogP contribution in [0, 0.1) is 0 Å². The third kappa shape index (κ3) is 1.91. The molecule has 1 amide bonds. The third-order valence-electron chi connectivity index (χ3n) is 2.91. The Balaban J connectivity index is 1.96. The van der Waals surface area contributed by atoms with Crippen LogP contribution >= 0.6 is 27.3 Å². The highest BCUT2D eigenvalue weighted by Crippen LogP contribution is 2.32. The van der Waals surface area contributed by atoms with Gasteiger partial charge in [0.15, 0.2) is 0 Å². The van der Waals surface area contributed by atoms with Gasteiger partial charge in [-0.15, -0.1) is 11.3 Å². The normalized spacial score (nSPS) is 13.8. The minimum Gasteiger partial charge on any atom is -0.307 e. The van der Waals surface area contributed by atoms with Gasteiger partial charge in [0.2, 0.25) is 0 Å². The molecule has 0 spiro atoms. The fourth-order valence-electron chi connectivity index (χ4n) is 2.11. The first-order chi connectivity index (χ1) is 8.25. The number of nitrogens with zero attached hydrogens (tertiary/aromatic N) is 1.